The fourth-order valence-electron chi connectivity index (χ4n) is 2.23. The van der Waals surface area contributed by atoms with Crippen molar-refractivity contribution < 1.29 is 9.90 Å². The van der Waals surface area contributed by atoms with Gasteiger partial charge < -0.3 is 10.4 Å². The van der Waals surface area contributed by atoms with Crippen LogP contribution in [0.25, 0.3) is 0 Å². The summed E-state index contributed by atoms with van der Waals surface area (Å²) in [5, 5.41) is 11.6. The molecule has 0 aromatic heterocycles. The molecule has 1 aliphatic carbocycles. The first-order valence-corrected chi connectivity index (χ1v) is 5.83. The van der Waals surface area contributed by atoms with E-state index in [4.69, 9.17) is 5.11 Å². The fraction of sp³-hybridized carbons (Fsp3) is 0.909. The molecule has 0 unspecified atom stereocenters. The van der Waals surface area contributed by atoms with Gasteiger partial charge >= 0.3 is 0 Å². The van der Waals surface area contributed by atoms with Crippen LogP contribution in [0.5, 0.6) is 0 Å². The van der Waals surface area contributed by atoms with Crippen LogP contribution in [0.1, 0.15) is 32.1 Å². The Hall–Kier alpha value is -0.610. The van der Waals surface area contributed by atoms with Crippen LogP contribution in [0.4, 0.5) is 0 Å². The highest BCUT2D eigenvalue weighted by Crippen LogP contribution is 2.22. The average molecular weight is 214 g/mol. The van der Waals surface area contributed by atoms with Gasteiger partial charge in [-0.15, -0.1) is 0 Å². The molecule has 1 amide bonds. The molecule has 1 rings (SSSR count). The van der Waals surface area contributed by atoms with Crippen molar-refractivity contribution in [2.45, 2.75) is 38.1 Å². The first-order valence-electron chi connectivity index (χ1n) is 5.83. The zero-order chi connectivity index (χ0) is 11.1. The summed E-state index contributed by atoms with van der Waals surface area (Å²) in [5.74, 6) is 0.0361. The quantitative estimate of drug-likeness (QED) is 0.695. The van der Waals surface area contributed by atoms with Gasteiger partial charge in [-0.25, -0.2) is 0 Å². The third-order valence-corrected chi connectivity index (χ3v) is 3.10. The van der Waals surface area contributed by atoms with Gasteiger partial charge in [0.25, 0.3) is 0 Å². The monoisotopic (exact) mass is 214 g/mol. The Morgan fingerprint density at radius 2 is 2.07 bits per heavy atom. The summed E-state index contributed by atoms with van der Waals surface area (Å²) < 4.78 is 0. The molecule has 0 spiro atoms. The number of aliphatic hydroxyl groups excluding tert-OH is 1. The maximum atomic E-state index is 11.3. The number of nitrogens with one attached hydrogen (secondary N) is 1. The van der Waals surface area contributed by atoms with Crippen LogP contribution in [-0.4, -0.2) is 48.7 Å². The van der Waals surface area contributed by atoms with E-state index < -0.39 is 0 Å². The maximum absolute atomic E-state index is 11.3. The molecular formula is C11H22N2O2. The molecule has 1 saturated carbocycles. The Morgan fingerprint density at radius 1 is 1.40 bits per heavy atom. The molecule has 0 atom stereocenters. The summed E-state index contributed by atoms with van der Waals surface area (Å²) in [5.41, 5.74) is 0. The van der Waals surface area contributed by atoms with Crippen LogP contribution in [0, 0.1) is 0 Å². The van der Waals surface area contributed by atoms with Crippen LogP contribution in [0.3, 0.4) is 0 Å². The standard InChI is InChI=1S/C11H22N2O2/c1-12-11(15)9-13(7-8-14)10-5-3-2-4-6-10/h10,14H,2-9H2,1H3,(H,12,15). The van der Waals surface area contributed by atoms with E-state index in [0.717, 1.165) is 12.8 Å². The van der Waals surface area contributed by atoms with Crippen molar-refractivity contribution in [3.63, 3.8) is 0 Å². The van der Waals surface area contributed by atoms with Gasteiger partial charge in [0.05, 0.1) is 13.2 Å². The second-order valence-electron chi connectivity index (χ2n) is 4.16. The van der Waals surface area contributed by atoms with Crippen molar-refractivity contribution in [3.8, 4) is 0 Å². The lowest BCUT2D eigenvalue weighted by Gasteiger charge is -2.33. The average Bonchev–Trinajstić information content (AvgIpc) is 2.29. The van der Waals surface area contributed by atoms with Crippen LogP contribution < -0.4 is 5.32 Å². The van der Waals surface area contributed by atoms with Gasteiger partial charge in [0.15, 0.2) is 0 Å². The lowest BCUT2D eigenvalue weighted by molar-refractivity contribution is -0.122. The largest absolute Gasteiger partial charge is 0.395 e. The van der Waals surface area contributed by atoms with Gasteiger partial charge in [0.2, 0.25) is 5.91 Å². The highest BCUT2D eigenvalue weighted by atomic mass is 16.3. The van der Waals surface area contributed by atoms with Crippen molar-refractivity contribution >= 4 is 5.91 Å². The second-order valence-corrected chi connectivity index (χ2v) is 4.16. The van der Waals surface area contributed by atoms with Gasteiger partial charge in [-0.1, -0.05) is 19.3 Å². The third kappa shape index (κ3) is 4.18. The number of carbonyl (C=O) groups excluding carboxylic acids is 1. The first kappa shape index (κ1) is 12.5. The van der Waals surface area contributed by atoms with Gasteiger partial charge in [0.1, 0.15) is 0 Å². The number of nitrogens with zero attached hydrogens (tertiary/aromatic N) is 1. The molecule has 15 heavy (non-hydrogen) atoms. The van der Waals surface area contributed by atoms with E-state index in [1.165, 1.54) is 19.3 Å². The predicted octanol–water partition coefficient (Wildman–Crippen LogP) is 0.359. The van der Waals surface area contributed by atoms with E-state index >= 15 is 0 Å². The predicted molar refractivity (Wildman–Crippen MR) is 59.6 cm³/mol. The Balaban J connectivity index is 2.43. The van der Waals surface area contributed by atoms with Crippen molar-refractivity contribution in [2.75, 3.05) is 26.7 Å². The Labute approximate surface area is 91.6 Å². The van der Waals surface area contributed by atoms with Crippen LogP contribution in [-0.2, 0) is 4.79 Å². The molecule has 2 N–H and O–H groups in total. The van der Waals surface area contributed by atoms with Gasteiger partial charge in [-0.3, -0.25) is 9.69 Å². The molecule has 4 heteroatoms. The summed E-state index contributed by atoms with van der Waals surface area (Å²) in [6, 6.07) is 0.489. The molecule has 0 heterocycles. The van der Waals surface area contributed by atoms with Gasteiger partial charge in [-0.2, -0.15) is 0 Å². The Bertz CT molecular complexity index is 191. The van der Waals surface area contributed by atoms with E-state index in [0.29, 0.717) is 19.1 Å². The number of hydrogen-bond acceptors (Lipinski definition) is 3. The molecule has 4 nitrogen and oxygen atoms in total. The molecule has 1 fully saturated rings. The van der Waals surface area contributed by atoms with E-state index in [1.54, 1.807) is 7.05 Å². The highest BCUT2D eigenvalue weighted by molar-refractivity contribution is 5.77. The fourth-order valence-corrected chi connectivity index (χ4v) is 2.23. The van der Waals surface area contributed by atoms with Crippen LogP contribution in [0.2, 0.25) is 0 Å². The highest BCUT2D eigenvalue weighted by Gasteiger charge is 2.21. The number of carbonyl (C=O) groups is 1. The number of hydrogen-bond donors (Lipinski definition) is 2. The molecule has 0 saturated heterocycles. The summed E-state index contributed by atoms with van der Waals surface area (Å²) in [6.45, 7) is 1.16. The molecule has 0 radical (unpaired) electrons. The summed E-state index contributed by atoms with van der Waals surface area (Å²) in [6.07, 6.45) is 6.14. The Morgan fingerprint density at radius 3 is 2.60 bits per heavy atom. The first-order chi connectivity index (χ1) is 7.27. The normalized spacial score (nSPS) is 18.1. The number of amides is 1. The van der Waals surface area contributed by atoms with Crippen LogP contribution in [0.15, 0.2) is 0 Å². The lowest BCUT2D eigenvalue weighted by Crippen LogP contribution is -2.44. The van der Waals surface area contributed by atoms with E-state index in [9.17, 15) is 4.79 Å². The van der Waals surface area contributed by atoms with Crippen molar-refractivity contribution in [1.29, 1.82) is 0 Å². The molecule has 0 bridgehead atoms. The number of likely N-dealkylation sites (N-methyl/N-ethyl adjacent to an activating group) is 1. The van der Waals surface area contributed by atoms with Crippen LogP contribution >= 0.6 is 0 Å². The number of aliphatic hydroxyl groups is 1. The number of rotatable bonds is 5. The molecule has 0 aliphatic heterocycles. The third-order valence-electron chi connectivity index (χ3n) is 3.10. The van der Waals surface area contributed by atoms with E-state index in [1.807, 2.05) is 0 Å². The summed E-state index contributed by atoms with van der Waals surface area (Å²) >= 11 is 0. The second kappa shape index (κ2) is 6.80. The maximum Gasteiger partial charge on any atom is 0.233 e. The lowest BCUT2D eigenvalue weighted by atomic mass is 9.94. The summed E-state index contributed by atoms with van der Waals surface area (Å²) in [4.78, 5) is 13.4. The van der Waals surface area contributed by atoms with Gasteiger partial charge in [0, 0.05) is 19.6 Å². The van der Waals surface area contributed by atoms with Crippen molar-refractivity contribution in [3.05, 3.63) is 0 Å². The summed E-state index contributed by atoms with van der Waals surface area (Å²) in [7, 11) is 1.65. The minimum absolute atomic E-state index is 0.0361. The Kier molecular flexibility index (Phi) is 5.65. The molecular weight excluding hydrogens is 192 g/mol. The SMILES string of the molecule is CNC(=O)CN(CCO)C1CCCCC1. The smallest absolute Gasteiger partial charge is 0.233 e. The van der Waals surface area contributed by atoms with Crippen molar-refractivity contribution in [1.82, 2.24) is 10.2 Å². The molecule has 88 valence electrons. The zero-order valence-corrected chi connectivity index (χ0v) is 9.54. The van der Waals surface area contributed by atoms with E-state index in [2.05, 4.69) is 10.2 Å². The molecule has 0 aromatic carbocycles. The topological polar surface area (TPSA) is 52.6 Å². The van der Waals surface area contributed by atoms with Gasteiger partial charge in [-0.05, 0) is 12.8 Å². The van der Waals surface area contributed by atoms with E-state index in [-0.39, 0.29) is 12.5 Å². The minimum atomic E-state index is 0.0361. The molecule has 0 aromatic rings. The zero-order valence-electron chi connectivity index (χ0n) is 9.54. The molecule has 1 aliphatic rings. The minimum Gasteiger partial charge on any atom is -0.395 e. The van der Waals surface area contributed by atoms with Crippen molar-refractivity contribution in [2.24, 2.45) is 0 Å².